The van der Waals surface area contributed by atoms with Crippen LogP contribution in [0.1, 0.15) is 49.0 Å². The molecule has 1 aromatic heterocycles. The first-order chi connectivity index (χ1) is 8.99. The second-order valence-electron chi connectivity index (χ2n) is 4.96. The van der Waals surface area contributed by atoms with E-state index in [1.807, 2.05) is 13.8 Å². The van der Waals surface area contributed by atoms with Gasteiger partial charge in [-0.3, -0.25) is 9.59 Å². The summed E-state index contributed by atoms with van der Waals surface area (Å²) in [6.07, 6.45) is 4.81. The Labute approximate surface area is 111 Å². The van der Waals surface area contributed by atoms with E-state index < -0.39 is 5.91 Å². The number of allylic oxidation sites excluding steroid dienone is 1. The zero-order valence-electron chi connectivity index (χ0n) is 11.1. The molecule has 0 spiro atoms. The van der Waals surface area contributed by atoms with E-state index in [0.717, 1.165) is 18.4 Å². The molecule has 1 aliphatic heterocycles. The maximum atomic E-state index is 12.1. The van der Waals surface area contributed by atoms with E-state index in [4.69, 9.17) is 5.73 Å². The molecule has 0 saturated carbocycles. The molecule has 102 valence electrons. The number of imidazole rings is 1. The third kappa shape index (κ3) is 2.83. The Morgan fingerprint density at radius 2 is 2.26 bits per heavy atom. The lowest BCUT2D eigenvalue weighted by atomic mass is 10.2. The van der Waals surface area contributed by atoms with E-state index in [1.165, 1.54) is 6.20 Å². The van der Waals surface area contributed by atoms with Gasteiger partial charge in [0.25, 0.3) is 5.91 Å². The van der Waals surface area contributed by atoms with Crippen LogP contribution in [0.3, 0.4) is 0 Å². The van der Waals surface area contributed by atoms with Crippen LogP contribution in [0.5, 0.6) is 0 Å². The van der Waals surface area contributed by atoms with Crippen LogP contribution in [0.4, 0.5) is 0 Å². The number of nitrogens with two attached hydrogens (primary N) is 1. The standard InChI is InChI=1S/C13H18N4O2/c1-8(2)6-11(18)17-5-3-4-10(17)13-15-7-9(16-13)12(14)19/h6-7,10H,3-5H2,1-2H3,(H2,14,19)(H,15,16). The second-order valence-corrected chi connectivity index (χ2v) is 4.96. The van der Waals surface area contributed by atoms with Crippen LogP contribution in [0.25, 0.3) is 0 Å². The molecule has 0 aliphatic carbocycles. The molecule has 0 radical (unpaired) electrons. The van der Waals surface area contributed by atoms with Gasteiger partial charge in [0.05, 0.1) is 12.2 Å². The molecule has 0 aromatic carbocycles. The molecule has 6 heteroatoms. The number of aromatic nitrogens is 2. The van der Waals surface area contributed by atoms with Crippen LogP contribution < -0.4 is 5.73 Å². The molecule has 3 N–H and O–H groups in total. The van der Waals surface area contributed by atoms with Gasteiger partial charge in [-0.1, -0.05) is 5.57 Å². The van der Waals surface area contributed by atoms with Crippen molar-refractivity contribution in [3.05, 3.63) is 29.4 Å². The number of H-pyrrole nitrogens is 1. The third-order valence-corrected chi connectivity index (χ3v) is 3.12. The summed E-state index contributed by atoms with van der Waals surface area (Å²) in [7, 11) is 0. The van der Waals surface area contributed by atoms with Gasteiger partial charge in [-0.2, -0.15) is 0 Å². The van der Waals surface area contributed by atoms with Gasteiger partial charge in [0, 0.05) is 12.6 Å². The van der Waals surface area contributed by atoms with Gasteiger partial charge in [-0.25, -0.2) is 4.98 Å². The van der Waals surface area contributed by atoms with Gasteiger partial charge in [-0.05, 0) is 26.7 Å². The largest absolute Gasteiger partial charge is 0.364 e. The molecular weight excluding hydrogens is 244 g/mol. The van der Waals surface area contributed by atoms with Gasteiger partial charge in [0.1, 0.15) is 11.5 Å². The number of aromatic amines is 1. The number of nitrogens with zero attached hydrogens (tertiary/aromatic N) is 2. The zero-order chi connectivity index (χ0) is 14.0. The van der Waals surface area contributed by atoms with E-state index in [9.17, 15) is 9.59 Å². The van der Waals surface area contributed by atoms with Crippen molar-refractivity contribution in [3.63, 3.8) is 0 Å². The van der Waals surface area contributed by atoms with E-state index in [1.54, 1.807) is 11.0 Å². The summed E-state index contributed by atoms with van der Waals surface area (Å²) in [6.45, 7) is 4.49. The molecule has 1 aliphatic rings. The summed E-state index contributed by atoms with van der Waals surface area (Å²) in [5, 5.41) is 0. The lowest BCUT2D eigenvalue weighted by Crippen LogP contribution is -2.29. The highest BCUT2D eigenvalue weighted by molar-refractivity contribution is 5.90. The Kier molecular flexibility index (Phi) is 3.69. The van der Waals surface area contributed by atoms with Gasteiger partial charge in [0.2, 0.25) is 5.91 Å². The summed E-state index contributed by atoms with van der Waals surface area (Å²) in [5.41, 5.74) is 6.43. The molecule has 1 atom stereocenters. The predicted octanol–water partition coefficient (Wildman–Crippen LogP) is 1.14. The molecule has 0 bridgehead atoms. The quantitative estimate of drug-likeness (QED) is 0.800. The van der Waals surface area contributed by atoms with Crippen LogP contribution in [0.2, 0.25) is 0 Å². The van der Waals surface area contributed by atoms with Gasteiger partial charge in [-0.15, -0.1) is 0 Å². The summed E-state index contributed by atoms with van der Waals surface area (Å²) in [6, 6.07) is -0.101. The number of rotatable bonds is 3. The summed E-state index contributed by atoms with van der Waals surface area (Å²) < 4.78 is 0. The molecule has 19 heavy (non-hydrogen) atoms. The molecule has 6 nitrogen and oxygen atoms in total. The molecule has 2 amide bonds. The highest BCUT2D eigenvalue weighted by Crippen LogP contribution is 2.30. The Morgan fingerprint density at radius 3 is 2.84 bits per heavy atom. The second kappa shape index (κ2) is 5.26. The molecule has 1 fully saturated rings. The third-order valence-electron chi connectivity index (χ3n) is 3.12. The maximum absolute atomic E-state index is 12.1. The average Bonchev–Trinajstić information content (AvgIpc) is 2.96. The number of likely N-dealkylation sites (tertiary alicyclic amines) is 1. The lowest BCUT2D eigenvalue weighted by molar-refractivity contribution is -0.127. The SMILES string of the molecule is CC(C)=CC(=O)N1CCCC1c1ncc(C(N)=O)[nH]1. The van der Waals surface area contributed by atoms with Crippen molar-refractivity contribution in [1.82, 2.24) is 14.9 Å². The Balaban J connectivity index is 2.20. The van der Waals surface area contributed by atoms with Crippen molar-refractivity contribution in [2.24, 2.45) is 5.73 Å². The zero-order valence-corrected chi connectivity index (χ0v) is 11.1. The lowest BCUT2D eigenvalue weighted by Gasteiger charge is -2.21. The minimum Gasteiger partial charge on any atom is -0.364 e. The van der Waals surface area contributed by atoms with Crippen molar-refractivity contribution in [2.45, 2.75) is 32.7 Å². The van der Waals surface area contributed by atoms with Crippen molar-refractivity contribution < 1.29 is 9.59 Å². The number of amides is 2. The minimum absolute atomic E-state index is 0.0143. The summed E-state index contributed by atoms with van der Waals surface area (Å²) in [5.74, 6) is 0.0697. The first-order valence-corrected chi connectivity index (χ1v) is 6.29. The molecule has 1 saturated heterocycles. The van der Waals surface area contributed by atoms with E-state index in [0.29, 0.717) is 12.4 Å². The van der Waals surface area contributed by atoms with Crippen LogP contribution in [-0.4, -0.2) is 33.2 Å². The molecular formula is C13H18N4O2. The van der Waals surface area contributed by atoms with Crippen molar-refractivity contribution >= 4 is 11.8 Å². The highest BCUT2D eigenvalue weighted by Gasteiger charge is 2.31. The van der Waals surface area contributed by atoms with Crippen molar-refractivity contribution in [3.8, 4) is 0 Å². The number of hydrogen-bond donors (Lipinski definition) is 2. The van der Waals surface area contributed by atoms with Crippen molar-refractivity contribution in [1.29, 1.82) is 0 Å². The van der Waals surface area contributed by atoms with E-state index >= 15 is 0 Å². The first kappa shape index (κ1) is 13.3. The average molecular weight is 262 g/mol. The number of carbonyl (C=O) groups excluding carboxylic acids is 2. The van der Waals surface area contributed by atoms with Crippen LogP contribution >= 0.6 is 0 Å². The van der Waals surface area contributed by atoms with Crippen LogP contribution in [-0.2, 0) is 4.79 Å². The number of primary amides is 1. The number of hydrogen-bond acceptors (Lipinski definition) is 3. The monoisotopic (exact) mass is 262 g/mol. The van der Waals surface area contributed by atoms with E-state index in [-0.39, 0.29) is 17.6 Å². The first-order valence-electron chi connectivity index (χ1n) is 6.29. The summed E-state index contributed by atoms with van der Waals surface area (Å²) in [4.78, 5) is 32.0. The topological polar surface area (TPSA) is 92.1 Å². The van der Waals surface area contributed by atoms with Crippen molar-refractivity contribution in [2.75, 3.05) is 6.54 Å². The minimum atomic E-state index is -0.543. The van der Waals surface area contributed by atoms with Crippen LogP contribution in [0, 0.1) is 0 Å². The summed E-state index contributed by atoms with van der Waals surface area (Å²) >= 11 is 0. The van der Waals surface area contributed by atoms with Gasteiger partial charge >= 0.3 is 0 Å². The number of nitrogens with one attached hydrogen (secondary N) is 1. The Hall–Kier alpha value is -2.11. The predicted molar refractivity (Wildman–Crippen MR) is 70.2 cm³/mol. The molecule has 1 unspecified atom stereocenters. The molecule has 2 heterocycles. The Bertz CT molecular complexity index is 529. The number of carbonyl (C=O) groups is 2. The van der Waals surface area contributed by atoms with Gasteiger partial charge in [0.15, 0.2) is 0 Å². The fourth-order valence-corrected chi connectivity index (χ4v) is 2.28. The fraction of sp³-hybridized carbons (Fsp3) is 0.462. The molecule has 2 rings (SSSR count). The van der Waals surface area contributed by atoms with Crippen LogP contribution in [0.15, 0.2) is 17.8 Å². The van der Waals surface area contributed by atoms with E-state index in [2.05, 4.69) is 9.97 Å². The fourth-order valence-electron chi connectivity index (χ4n) is 2.28. The normalized spacial score (nSPS) is 18.4. The van der Waals surface area contributed by atoms with Gasteiger partial charge < -0.3 is 15.6 Å². The highest BCUT2D eigenvalue weighted by atomic mass is 16.2. The Morgan fingerprint density at radius 1 is 1.53 bits per heavy atom. The maximum Gasteiger partial charge on any atom is 0.266 e. The smallest absolute Gasteiger partial charge is 0.266 e. The molecule has 1 aromatic rings.